The Morgan fingerprint density at radius 1 is 0.591 bits per heavy atom. The van der Waals surface area contributed by atoms with Crippen LogP contribution in [0.3, 0.4) is 0 Å². The average molecular weight is 602 g/mol. The van der Waals surface area contributed by atoms with Crippen LogP contribution in [0.1, 0.15) is 11.1 Å². The monoisotopic (exact) mass is 601 g/mol. The second kappa shape index (κ2) is 16.7. The molecule has 3 aromatic rings. The van der Waals surface area contributed by atoms with Crippen molar-refractivity contribution in [2.45, 2.75) is 0 Å². The first-order chi connectivity index (χ1) is 21.4. The van der Waals surface area contributed by atoms with Crippen molar-refractivity contribution in [3.63, 3.8) is 0 Å². The predicted molar refractivity (Wildman–Crippen MR) is 170 cm³/mol. The molecule has 0 saturated carbocycles. The number of benzene rings is 2. The smallest absolute Gasteiger partial charge is 0.248 e. The lowest BCUT2D eigenvalue weighted by Gasteiger charge is -2.12. The van der Waals surface area contributed by atoms with Gasteiger partial charge in [0.15, 0.2) is 23.0 Å². The molecule has 0 aliphatic carbocycles. The number of anilines is 2. The fourth-order valence-electron chi connectivity index (χ4n) is 3.97. The van der Waals surface area contributed by atoms with Crippen LogP contribution >= 0.6 is 0 Å². The molecule has 1 heterocycles. The first-order valence-electron chi connectivity index (χ1n) is 13.2. The number of rotatable bonds is 14. The largest absolute Gasteiger partial charge is 0.493 e. The highest BCUT2D eigenvalue weighted by atomic mass is 16.5. The van der Waals surface area contributed by atoms with Gasteiger partial charge < -0.3 is 39.1 Å². The third-order valence-corrected chi connectivity index (χ3v) is 6.01. The van der Waals surface area contributed by atoms with E-state index in [9.17, 15) is 9.59 Å². The van der Waals surface area contributed by atoms with Gasteiger partial charge in [0.05, 0.1) is 60.2 Å². The Morgan fingerprint density at radius 3 is 1.39 bits per heavy atom. The Labute approximate surface area is 256 Å². The van der Waals surface area contributed by atoms with Crippen molar-refractivity contribution in [3.8, 4) is 34.5 Å². The highest BCUT2D eigenvalue weighted by Gasteiger charge is 2.13. The number of nitrogens with one attached hydrogen (secondary N) is 2. The second-order valence-electron chi connectivity index (χ2n) is 8.75. The van der Waals surface area contributed by atoms with Gasteiger partial charge in [-0.3, -0.25) is 14.6 Å². The normalized spacial score (nSPS) is 11.2. The van der Waals surface area contributed by atoms with Crippen molar-refractivity contribution < 1.29 is 38.0 Å². The third-order valence-electron chi connectivity index (χ3n) is 6.01. The standard InChI is InChI=1S/C33H35N3O8/c1-39-26-17-22(18-27(40-2)32(26)43-5)11-7-9-13-30(37)35-24-15-16-34-21-25(24)36-31(38)14-10-8-12-23-19-28(41-3)33(44-6)29(20-23)42-4/h7-21H,1-6H3,(H,36,38)(H,34,35,37). The van der Waals surface area contributed by atoms with Gasteiger partial charge in [-0.25, -0.2) is 0 Å². The first-order valence-corrected chi connectivity index (χ1v) is 13.2. The van der Waals surface area contributed by atoms with Gasteiger partial charge in [-0.2, -0.15) is 0 Å². The van der Waals surface area contributed by atoms with Crippen LogP contribution < -0.4 is 39.1 Å². The maximum Gasteiger partial charge on any atom is 0.248 e. The van der Waals surface area contributed by atoms with Crippen LogP contribution in [0, 0.1) is 0 Å². The van der Waals surface area contributed by atoms with E-state index in [-0.39, 0.29) is 0 Å². The number of amides is 2. The molecule has 0 fully saturated rings. The molecule has 11 heteroatoms. The summed E-state index contributed by atoms with van der Waals surface area (Å²) in [6.07, 6.45) is 15.8. The maximum atomic E-state index is 12.6. The zero-order valence-electron chi connectivity index (χ0n) is 25.4. The summed E-state index contributed by atoms with van der Waals surface area (Å²) in [6, 6.07) is 8.73. The van der Waals surface area contributed by atoms with Crippen LogP contribution in [-0.4, -0.2) is 59.5 Å². The molecule has 0 aliphatic rings. The molecule has 0 aliphatic heterocycles. The van der Waals surface area contributed by atoms with Gasteiger partial charge in [0.1, 0.15) is 0 Å². The first kappa shape index (κ1) is 32.8. The van der Waals surface area contributed by atoms with Crippen LogP contribution in [0.4, 0.5) is 11.4 Å². The molecule has 0 radical (unpaired) electrons. The lowest BCUT2D eigenvalue weighted by atomic mass is 10.1. The summed E-state index contributed by atoms with van der Waals surface area (Å²) in [7, 11) is 9.22. The number of methoxy groups -OCH3 is 6. The minimum atomic E-state index is -0.410. The number of allylic oxidation sites excluding steroid dienone is 4. The Balaban J connectivity index is 1.61. The molecule has 1 aromatic heterocycles. The number of aromatic nitrogens is 1. The lowest BCUT2D eigenvalue weighted by Crippen LogP contribution is -2.13. The van der Waals surface area contributed by atoms with Crippen molar-refractivity contribution in [3.05, 3.63) is 90.3 Å². The Morgan fingerprint density at radius 2 is 1.00 bits per heavy atom. The Hall–Kier alpha value is -5.71. The molecular weight excluding hydrogens is 566 g/mol. The summed E-state index contributed by atoms with van der Waals surface area (Å²) >= 11 is 0. The topological polar surface area (TPSA) is 126 Å². The SMILES string of the molecule is COc1cc(C=CC=CC(=O)Nc2ccncc2NC(=O)C=CC=Cc2cc(OC)c(OC)c(OC)c2)cc(OC)c1OC. The van der Waals surface area contributed by atoms with Gasteiger partial charge in [0.2, 0.25) is 23.3 Å². The molecule has 230 valence electrons. The van der Waals surface area contributed by atoms with Crippen molar-refractivity contribution in [2.75, 3.05) is 53.3 Å². The number of ether oxygens (including phenoxy) is 6. The highest BCUT2D eigenvalue weighted by Crippen LogP contribution is 2.39. The lowest BCUT2D eigenvalue weighted by molar-refractivity contribution is -0.112. The molecular formula is C33H35N3O8. The number of hydrogen-bond donors (Lipinski definition) is 2. The molecule has 3 rings (SSSR count). The van der Waals surface area contributed by atoms with E-state index in [0.717, 1.165) is 11.1 Å². The molecule has 2 amide bonds. The zero-order valence-corrected chi connectivity index (χ0v) is 25.4. The van der Waals surface area contributed by atoms with E-state index < -0.39 is 11.8 Å². The number of carbonyl (C=O) groups excluding carboxylic acids is 2. The van der Waals surface area contributed by atoms with E-state index in [1.165, 1.54) is 67.2 Å². The average Bonchev–Trinajstić information content (AvgIpc) is 3.04. The van der Waals surface area contributed by atoms with Gasteiger partial charge in [-0.1, -0.05) is 36.5 Å². The Bertz CT molecular complexity index is 1410. The van der Waals surface area contributed by atoms with Crippen LogP contribution in [0.5, 0.6) is 34.5 Å². The number of pyridine rings is 1. The van der Waals surface area contributed by atoms with Crippen molar-refractivity contribution in [1.29, 1.82) is 0 Å². The number of nitrogens with zero attached hydrogens (tertiary/aromatic N) is 1. The van der Waals surface area contributed by atoms with Crippen LogP contribution in [0.25, 0.3) is 12.2 Å². The minimum absolute atomic E-state index is 0.338. The van der Waals surface area contributed by atoms with Crippen LogP contribution in [0.2, 0.25) is 0 Å². The summed E-state index contributed by atoms with van der Waals surface area (Å²) in [5.41, 5.74) is 2.30. The van der Waals surface area contributed by atoms with Crippen molar-refractivity contribution in [1.82, 2.24) is 4.98 Å². The Kier molecular flexibility index (Phi) is 12.4. The van der Waals surface area contributed by atoms with E-state index >= 15 is 0 Å². The fraction of sp³-hybridized carbons (Fsp3) is 0.182. The van der Waals surface area contributed by atoms with E-state index in [0.29, 0.717) is 45.9 Å². The van der Waals surface area contributed by atoms with Crippen molar-refractivity contribution >= 4 is 35.3 Å². The molecule has 44 heavy (non-hydrogen) atoms. The molecule has 0 unspecified atom stereocenters. The van der Waals surface area contributed by atoms with Gasteiger partial charge in [0.25, 0.3) is 0 Å². The van der Waals surface area contributed by atoms with Gasteiger partial charge in [-0.05, 0) is 41.5 Å². The summed E-state index contributed by atoms with van der Waals surface area (Å²) < 4.78 is 32.1. The maximum absolute atomic E-state index is 12.6. The second-order valence-corrected chi connectivity index (χ2v) is 8.75. The van der Waals surface area contributed by atoms with Crippen LogP contribution in [-0.2, 0) is 9.59 Å². The summed E-state index contributed by atoms with van der Waals surface area (Å²) in [6.45, 7) is 0. The van der Waals surface area contributed by atoms with E-state index in [4.69, 9.17) is 28.4 Å². The summed E-state index contributed by atoms with van der Waals surface area (Å²) in [5.74, 6) is 2.24. The number of hydrogen-bond acceptors (Lipinski definition) is 9. The van der Waals surface area contributed by atoms with Crippen LogP contribution in [0.15, 0.2) is 79.2 Å². The highest BCUT2D eigenvalue weighted by molar-refractivity contribution is 6.06. The fourth-order valence-corrected chi connectivity index (χ4v) is 3.97. The zero-order chi connectivity index (χ0) is 31.9. The summed E-state index contributed by atoms with van der Waals surface area (Å²) in [5, 5.41) is 5.46. The molecule has 0 spiro atoms. The molecule has 11 nitrogen and oxygen atoms in total. The van der Waals surface area contributed by atoms with E-state index in [2.05, 4.69) is 15.6 Å². The predicted octanol–water partition coefficient (Wildman–Crippen LogP) is 5.55. The van der Waals surface area contributed by atoms with Gasteiger partial charge >= 0.3 is 0 Å². The third kappa shape index (κ3) is 8.89. The molecule has 0 saturated heterocycles. The van der Waals surface area contributed by atoms with E-state index in [1.807, 2.05) is 0 Å². The van der Waals surface area contributed by atoms with Gasteiger partial charge in [0, 0.05) is 18.3 Å². The molecule has 2 aromatic carbocycles. The number of carbonyl (C=O) groups is 2. The molecule has 0 bridgehead atoms. The van der Waals surface area contributed by atoms with E-state index in [1.54, 1.807) is 66.8 Å². The minimum Gasteiger partial charge on any atom is -0.493 e. The molecule has 2 N–H and O–H groups in total. The van der Waals surface area contributed by atoms with Gasteiger partial charge in [-0.15, -0.1) is 0 Å². The quantitative estimate of drug-likeness (QED) is 0.181. The summed E-state index contributed by atoms with van der Waals surface area (Å²) in [4.78, 5) is 29.1. The van der Waals surface area contributed by atoms with Crippen molar-refractivity contribution in [2.24, 2.45) is 0 Å². The molecule has 0 atom stereocenters.